The molecular formula is C13H26N2O3. The van der Waals surface area contributed by atoms with Crippen LogP contribution in [0, 0.1) is 11.8 Å². The second kappa shape index (κ2) is 8.08. The highest BCUT2D eigenvalue weighted by molar-refractivity contribution is 5.79. The average Bonchev–Trinajstić information content (AvgIpc) is 2.22. The van der Waals surface area contributed by atoms with Gasteiger partial charge in [-0.25, -0.2) is 0 Å². The molecule has 0 saturated carbocycles. The number of nitrogens with zero attached hydrogens (tertiary/aromatic N) is 1. The second-order valence-electron chi connectivity index (χ2n) is 5.53. The number of nitrogens with one attached hydrogen (secondary N) is 1. The molecule has 0 heterocycles. The lowest BCUT2D eigenvalue weighted by Gasteiger charge is -2.27. The maximum absolute atomic E-state index is 12.0. The number of carboxylic acid groups (broad SMARTS) is 1. The number of rotatable bonds is 8. The highest BCUT2D eigenvalue weighted by Crippen LogP contribution is 2.04. The van der Waals surface area contributed by atoms with Crippen molar-refractivity contribution >= 4 is 11.9 Å². The lowest BCUT2D eigenvalue weighted by molar-refractivity contribution is -0.139. The smallest absolute Gasteiger partial charge is 0.320 e. The van der Waals surface area contributed by atoms with E-state index in [2.05, 4.69) is 33.0 Å². The number of carbonyl (C=O) groups excluding carboxylic acids is 1. The molecule has 106 valence electrons. The molecule has 0 aromatic rings. The zero-order valence-electron chi connectivity index (χ0n) is 12.1. The normalized spacial score (nSPS) is 12.8. The van der Waals surface area contributed by atoms with E-state index in [4.69, 9.17) is 5.11 Å². The van der Waals surface area contributed by atoms with E-state index < -0.39 is 12.0 Å². The first-order valence-electron chi connectivity index (χ1n) is 6.48. The Morgan fingerprint density at radius 3 is 1.83 bits per heavy atom. The van der Waals surface area contributed by atoms with Crippen molar-refractivity contribution in [1.82, 2.24) is 10.2 Å². The SMILES string of the molecule is CC(C)CN(CC(C)C)C(=O)CN[C@H](C)C(=O)O. The van der Waals surface area contributed by atoms with E-state index >= 15 is 0 Å². The third kappa shape index (κ3) is 7.27. The molecule has 1 atom stereocenters. The van der Waals surface area contributed by atoms with Crippen molar-refractivity contribution < 1.29 is 14.7 Å². The number of hydrogen-bond donors (Lipinski definition) is 2. The van der Waals surface area contributed by atoms with Gasteiger partial charge in [0.2, 0.25) is 5.91 Å². The highest BCUT2D eigenvalue weighted by Gasteiger charge is 2.18. The lowest BCUT2D eigenvalue weighted by atomic mass is 10.1. The Kier molecular flexibility index (Phi) is 7.59. The van der Waals surface area contributed by atoms with Gasteiger partial charge in [0.1, 0.15) is 6.04 Å². The van der Waals surface area contributed by atoms with Crippen LogP contribution in [0.4, 0.5) is 0 Å². The molecule has 0 spiro atoms. The summed E-state index contributed by atoms with van der Waals surface area (Å²) in [5.74, 6) is -0.165. The van der Waals surface area contributed by atoms with Crippen LogP contribution in [0.3, 0.4) is 0 Å². The molecule has 0 aliphatic rings. The van der Waals surface area contributed by atoms with Gasteiger partial charge in [-0.3, -0.25) is 14.9 Å². The van der Waals surface area contributed by atoms with Gasteiger partial charge < -0.3 is 10.0 Å². The number of amides is 1. The molecule has 0 rings (SSSR count). The Morgan fingerprint density at radius 2 is 1.50 bits per heavy atom. The number of carboxylic acids is 1. The van der Waals surface area contributed by atoms with Crippen LogP contribution in [0.25, 0.3) is 0 Å². The van der Waals surface area contributed by atoms with E-state index in [1.807, 2.05) is 0 Å². The van der Waals surface area contributed by atoms with Crippen molar-refractivity contribution in [3.05, 3.63) is 0 Å². The van der Waals surface area contributed by atoms with Gasteiger partial charge in [-0.2, -0.15) is 0 Å². The summed E-state index contributed by atoms with van der Waals surface area (Å²) in [4.78, 5) is 24.5. The molecule has 0 saturated heterocycles. The van der Waals surface area contributed by atoms with E-state index in [1.165, 1.54) is 6.92 Å². The Balaban J connectivity index is 4.32. The van der Waals surface area contributed by atoms with Gasteiger partial charge in [-0.1, -0.05) is 27.7 Å². The zero-order valence-corrected chi connectivity index (χ0v) is 12.1. The first-order valence-corrected chi connectivity index (χ1v) is 6.48. The summed E-state index contributed by atoms with van der Waals surface area (Å²) in [5.41, 5.74) is 0. The van der Waals surface area contributed by atoms with Crippen molar-refractivity contribution in [2.24, 2.45) is 11.8 Å². The Labute approximate surface area is 110 Å². The minimum absolute atomic E-state index is 0.0366. The summed E-state index contributed by atoms with van der Waals surface area (Å²) >= 11 is 0. The van der Waals surface area contributed by atoms with Gasteiger partial charge in [0.05, 0.1) is 6.54 Å². The van der Waals surface area contributed by atoms with Crippen molar-refractivity contribution in [3.8, 4) is 0 Å². The Morgan fingerprint density at radius 1 is 1.06 bits per heavy atom. The molecule has 0 fully saturated rings. The third-order valence-electron chi connectivity index (χ3n) is 2.45. The molecule has 0 aromatic carbocycles. The van der Waals surface area contributed by atoms with Gasteiger partial charge in [-0.05, 0) is 18.8 Å². The molecule has 0 aliphatic heterocycles. The van der Waals surface area contributed by atoms with Crippen LogP contribution < -0.4 is 5.32 Å². The van der Waals surface area contributed by atoms with Crippen LogP contribution in [-0.2, 0) is 9.59 Å². The summed E-state index contributed by atoms with van der Waals surface area (Å²) in [7, 11) is 0. The van der Waals surface area contributed by atoms with Crippen LogP contribution in [-0.4, -0.2) is 47.6 Å². The molecule has 2 N–H and O–H groups in total. The standard InChI is InChI=1S/C13H26N2O3/c1-9(2)7-15(8-10(3)4)12(16)6-14-11(5)13(17)18/h9-11,14H,6-8H2,1-5H3,(H,17,18)/t11-/m1/s1. The zero-order chi connectivity index (χ0) is 14.3. The largest absolute Gasteiger partial charge is 0.480 e. The molecule has 0 bridgehead atoms. The summed E-state index contributed by atoms with van der Waals surface area (Å²) in [6, 6.07) is -0.700. The number of aliphatic carboxylic acids is 1. The number of hydrogen-bond acceptors (Lipinski definition) is 3. The maximum atomic E-state index is 12.0. The summed E-state index contributed by atoms with van der Waals surface area (Å²) in [5, 5.41) is 11.5. The monoisotopic (exact) mass is 258 g/mol. The highest BCUT2D eigenvalue weighted by atomic mass is 16.4. The minimum atomic E-state index is -0.943. The van der Waals surface area contributed by atoms with Gasteiger partial charge in [0, 0.05) is 13.1 Å². The first kappa shape index (κ1) is 16.9. The Bertz CT molecular complexity index is 267. The topological polar surface area (TPSA) is 69.6 Å². The quantitative estimate of drug-likeness (QED) is 0.686. The second-order valence-corrected chi connectivity index (χ2v) is 5.53. The fraction of sp³-hybridized carbons (Fsp3) is 0.846. The van der Waals surface area contributed by atoms with Gasteiger partial charge in [-0.15, -0.1) is 0 Å². The maximum Gasteiger partial charge on any atom is 0.320 e. The molecule has 0 unspecified atom stereocenters. The predicted octanol–water partition coefficient (Wildman–Crippen LogP) is 1.19. The van der Waals surface area contributed by atoms with Crippen LogP contribution in [0.5, 0.6) is 0 Å². The van der Waals surface area contributed by atoms with Gasteiger partial charge in [0.15, 0.2) is 0 Å². The average molecular weight is 258 g/mol. The van der Waals surface area contributed by atoms with E-state index in [1.54, 1.807) is 4.90 Å². The summed E-state index contributed by atoms with van der Waals surface area (Å²) in [6.45, 7) is 11.3. The number of carbonyl (C=O) groups is 2. The molecule has 0 aromatic heterocycles. The fourth-order valence-corrected chi connectivity index (χ4v) is 1.60. The molecule has 0 aliphatic carbocycles. The van der Waals surface area contributed by atoms with E-state index in [-0.39, 0.29) is 12.5 Å². The van der Waals surface area contributed by atoms with E-state index in [0.717, 1.165) is 0 Å². The van der Waals surface area contributed by atoms with Crippen LogP contribution >= 0.6 is 0 Å². The third-order valence-corrected chi connectivity index (χ3v) is 2.45. The summed E-state index contributed by atoms with van der Waals surface area (Å²) < 4.78 is 0. The minimum Gasteiger partial charge on any atom is -0.480 e. The molecule has 1 amide bonds. The van der Waals surface area contributed by atoms with E-state index in [9.17, 15) is 9.59 Å². The van der Waals surface area contributed by atoms with Crippen molar-refractivity contribution in [2.75, 3.05) is 19.6 Å². The first-order chi connectivity index (χ1) is 8.23. The molecule has 0 radical (unpaired) electrons. The molecule has 5 nitrogen and oxygen atoms in total. The van der Waals surface area contributed by atoms with Crippen molar-refractivity contribution in [3.63, 3.8) is 0 Å². The van der Waals surface area contributed by atoms with Crippen LogP contribution in [0.2, 0.25) is 0 Å². The van der Waals surface area contributed by atoms with Crippen LogP contribution in [0.1, 0.15) is 34.6 Å². The van der Waals surface area contributed by atoms with Crippen molar-refractivity contribution in [1.29, 1.82) is 0 Å². The predicted molar refractivity (Wildman–Crippen MR) is 71.4 cm³/mol. The fourth-order valence-electron chi connectivity index (χ4n) is 1.60. The van der Waals surface area contributed by atoms with Gasteiger partial charge in [0.25, 0.3) is 0 Å². The Hall–Kier alpha value is -1.10. The van der Waals surface area contributed by atoms with Crippen LogP contribution in [0.15, 0.2) is 0 Å². The molecular weight excluding hydrogens is 232 g/mol. The lowest BCUT2D eigenvalue weighted by Crippen LogP contribution is -2.45. The molecule has 5 heteroatoms. The summed E-state index contributed by atoms with van der Waals surface area (Å²) in [6.07, 6.45) is 0. The van der Waals surface area contributed by atoms with E-state index in [0.29, 0.717) is 24.9 Å². The van der Waals surface area contributed by atoms with Gasteiger partial charge >= 0.3 is 5.97 Å². The molecule has 18 heavy (non-hydrogen) atoms. The van der Waals surface area contributed by atoms with Crippen molar-refractivity contribution in [2.45, 2.75) is 40.7 Å².